The van der Waals surface area contributed by atoms with Crippen molar-refractivity contribution in [2.75, 3.05) is 6.54 Å². The monoisotopic (exact) mass is 311 g/mol. The molecule has 21 heavy (non-hydrogen) atoms. The van der Waals surface area contributed by atoms with Crippen LogP contribution in [0.25, 0.3) is 0 Å². The zero-order valence-corrected chi connectivity index (χ0v) is 13.2. The maximum absolute atomic E-state index is 12.4. The lowest BCUT2D eigenvalue weighted by Crippen LogP contribution is -2.29. The number of carboxylic acids is 1. The number of rotatable bonds is 5. The molecule has 0 unspecified atom stereocenters. The van der Waals surface area contributed by atoms with Crippen molar-refractivity contribution in [2.45, 2.75) is 44.4 Å². The van der Waals surface area contributed by atoms with E-state index in [0.29, 0.717) is 23.6 Å². The van der Waals surface area contributed by atoms with Gasteiger partial charge in [-0.3, -0.25) is 0 Å². The Morgan fingerprint density at radius 1 is 1.24 bits per heavy atom. The van der Waals surface area contributed by atoms with Crippen LogP contribution in [0.5, 0.6) is 0 Å². The second-order valence-corrected chi connectivity index (χ2v) is 7.48. The summed E-state index contributed by atoms with van der Waals surface area (Å²) in [6.07, 6.45) is 4.41. The van der Waals surface area contributed by atoms with Crippen molar-refractivity contribution in [3.05, 3.63) is 28.8 Å². The van der Waals surface area contributed by atoms with Gasteiger partial charge in [-0.15, -0.1) is 0 Å². The number of benzene rings is 1. The van der Waals surface area contributed by atoms with Crippen LogP contribution in [-0.2, 0) is 10.0 Å². The molecule has 1 saturated carbocycles. The molecular weight excluding hydrogens is 290 g/mol. The van der Waals surface area contributed by atoms with E-state index in [4.69, 9.17) is 5.11 Å². The summed E-state index contributed by atoms with van der Waals surface area (Å²) in [7, 11) is -3.66. The SMILES string of the molecule is Cc1cc(C)c(S(=O)(=O)NCC2CCCC2)cc1C(=O)O. The molecule has 0 bridgehead atoms. The zero-order valence-electron chi connectivity index (χ0n) is 12.3. The van der Waals surface area contributed by atoms with Crippen molar-refractivity contribution in [1.29, 1.82) is 0 Å². The lowest BCUT2D eigenvalue weighted by molar-refractivity contribution is 0.0696. The fraction of sp³-hybridized carbons (Fsp3) is 0.533. The van der Waals surface area contributed by atoms with Gasteiger partial charge in [-0.1, -0.05) is 18.9 Å². The van der Waals surface area contributed by atoms with Crippen LogP contribution >= 0.6 is 0 Å². The third-order valence-electron chi connectivity index (χ3n) is 4.08. The Morgan fingerprint density at radius 2 is 1.86 bits per heavy atom. The fourth-order valence-electron chi connectivity index (χ4n) is 2.87. The maximum atomic E-state index is 12.4. The Morgan fingerprint density at radius 3 is 2.43 bits per heavy atom. The van der Waals surface area contributed by atoms with Crippen molar-refractivity contribution in [2.24, 2.45) is 5.92 Å². The van der Waals surface area contributed by atoms with Crippen LogP contribution in [0.1, 0.15) is 47.2 Å². The molecule has 1 aliphatic rings. The molecular formula is C15H21NO4S. The van der Waals surface area contributed by atoms with Crippen LogP contribution in [0.3, 0.4) is 0 Å². The fourth-order valence-corrected chi connectivity index (χ4v) is 4.24. The Hall–Kier alpha value is -1.40. The molecule has 5 nitrogen and oxygen atoms in total. The average Bonchev–Trinajstić information content (AvgIpc) is 2.88. The van der Waals surface area contributed by atoms with E-state index in [0.717, 1.165) is 25.7 Å². The Labute approximate surface area is 125 Å². The Bertz CT molecular complexity index is 646. The summed E-state index contributed by atoms with van der Waals surface area (Å²) in [5.74, 6) is -0.718. The summed E-state index contributed by atoms with van der Waals surface area (Å²) >= 11 is 0. The van der Waals surface area contributed by atoms with Crippen molar-refractivity contribution >= 4 is 16.0 Å². The molecule has 0 heterocycles. The third-order valence-corrected chi connectivity index (χ3v) is 5.64. The van der Waals surface area contributed by atoms with E-state index in [1.807, 2.05) is 0 Å². The summed E-state index contributed by atoms with van der Waals surface area (Å²) in [6.45, 7) is 3.78. The van der Waals surface area contributed by atoms with Gasteiger partial charge in [0.05, 0.1) is 10.5 Å². The Kier molecular flexibility index (Phi) is 4.68. The molecule has 2 rings (SSSR count). The van der Waals surface area contributed by atoms with E-state index < -0.39 is 16.0 Å². The maximum Gasteiger partial charge on any atom is 0.335 e. The molecule has 0 amide bonds. The highest BCUT2D eigenvalue weighted by Gasteiger charge is 2.23. The highest BCUT2D eigenvalue weighted by atomic mass is 32.2. The van der Waals surface area contributed by atoms with Crippen LogP contribution in [-0.4, -0.2) is 26.0 Å². The van der Waals surface area contributed by atoms with E-state index in [2.05, 4.69) is 4.72 Å². The number of aromatic carboxylic acids is 1. The number of sulfonamides is 1. The molecule has 2 N–H and O–H groups in total. The molecule has 0 radical (unpaired) electrons. The topological polar surface area (TPSA) is 83.5 Å². The standard InChI is InChI=1S/C15H21NO4S/c1-10-7-11(2)14(8-13(10)15(17)18)21(19,20)16-9-12-5-3-4-6-12/h7-8,12,16H,3-6,9H2,1-2H3,(H,17,18). The normalized spacial score (nSPS) is 16.3. The predicted octanol–water partition coefficient (Wildman–Crippen LogP) is 2.47. The van der Waals surface area contributed by atoms with Gasteiger partial charge < -0.3 is 5.11 Å². The minimum absolute atomic E-state index is 0.0295. The molecule has 1 fully saturated rings. The first kappa shape index (κ1) is 16.0. The zero-order chi connectivity index (χ0) is 15.6. The van der Waals surface area contributed by atoms with Crippen LogP contribution in [0, 0.1) is 19.8 Å². The minimum Gasteiger partial charge on any atom is -0.478 e. The molecule has 116 valence electrons. The molecule has 0 aromatic heterocycles. The lowest BCUT2D eigenvalue weighted by Gasteiger charge is -2.14. The summed E-state index contributed by atoms with van der Waals surface area (Å²) < 4.78 is 27.4. The predicted molar refractivity (Wildman–Crippen MR) is 80.0 cm³/mol. The van der Waals surface area contributed by atoms with E-state index in [1.54, 1.807) is 19.9 Å². The lowest BCUT2D eigenvalue weighted by atomic mass is 10.1. The van der Waals surface area contributed by atoms with Gasteiger partial charge in [0.15, 0.2) is 0 Å². The molecule has 0 aliphatic heterocycles. The van der Waals surface area contributed by atoms with Crippen molar-refractivity contribution < 1.29 is 18.3 Å². The first-order valence-corrected chi connectivity index (χ1v) is 8.64. The molecule has 1 aliphatic carbocycles. The molecule has 0 spiro atoms. The van der Waals surface area contributed by atoms with Crippen LogP contribution < -0.4 is 4.72 Å². The van der Waals surface area contributed by atoms with Gasteiger partial charge >= 0.3 is 5.97 Å². The van der Waals surface area contributed by atoms with Gasteiger partial charge in [0, 0.05) is 6.54 Å². The number of hydrogen-bond acceptors (Lipinski definition) is 3. The number of carboxylic acid groups (broad SMARTS) is 1. The number of nitrogens with one attached hydrogen (secondary N) is 1. The van der Waals surface area contributed by atoms with E-state index in [-0.39, 0.29) is 10.5 Å². The van der Waals surface area contributed by atoms with Gasteiger partial charge in [0.25, 0.3) is 0 Å². The van der Waals surface area contributed by atoms with E-state index in [9.17, 15) is 13.2 Å². The first-order valence-electron chi connectivity index (χ1n) is 7.15. The number of carbonyl (C=O) groups is 1. The van der Waals surface area contributed by atoms with Crippen LogP contribution in [0.4, 0.5) is 0 Å². The minimum atomic E-state index is -3.66. The highest BCUT2D eigenvalue weighted by Crippen LogP contribution is 2.25. The number of hydrogen-bond donors (Lipinski definition) is 2. The summed E-state index contributed by atoms with van der Waals surface area (Å²) in [5.41, 5.74) is 1.16. The largest absolute Gasteiger partial charge is 0.478 e. The van der Waals surface area contributed by atoms with Gasteiger partial charge in [-0.05, 0) is 49.8 Å². The van der Waals surface area contributed by atoms with E-state index in [1.165, 1.54) is 6.07 Å². The van der Waals surface area contributed by atoms with Gasteiger partial charge in [-0.25, -0.2) is 17.9 Å². The van der Waals surface area contributed by atoms with Crippen LogP contribution in [0.15, 0.2) is 17.0 Å². The summed E-state index contributed by atoms with van der Waals surface area (Å²) in [6, 6.07) is 2.86. The summed E-state index contributed by atoms with van der Waals surface area (Å²) in [4.78, 5) is 11.2. The molecule has 1 aromatic rings. The molecule has 0 saturated heterocycles. The van der Waals surface area contributed by atoms with Crippen molar-refractivity contribution in [3.63, 3.8) is 0 Å². The summed E-state index contributed by atoms with van der Waals surface area (Å²) in [5, 5.41) is 9.13. The van der Waals surface area contributed by atoms with Gasteiger partial charge in [0.2, 0.25) is 10.0 Å². The van der Waals surface area contributed by atoms with Crippen LogP contribution in [0.2, 0.25) is 0 Å². The third kappa shape index (κ3) is 3.63. The second kappa shape index (κ2) is 6.15. The number of aryl methyl sites for hydroxylation is 2. The smallest absolute Gasteiger partial charge is 0.335 e. The molecule has 0 atom stereocenters. The van der Waals surface area contributed by atoms with E-state index >= 15 is 0 Å². The first-order chi connectivity index (χ1) is 9.81. The van der Waals surface area contributed by atoms with Crippen molar-refractivity contribution in [1.82, 2.24) is 4.72 Å². The van der Waals surface area contributed by atoms with Gasteiger partial charge in [0.1, 0.15) is 0 Å². The van der Waals surface area contributed by atoms with Crippen molar-refractivity contribution in [3.8, 4) is 0 Å². The second-order valence-electron chi connectivity index (χ2n) is 5.74. The molecule has 1 aromatic carbocycles. The quantitative estimate of drug-likeness (QED) is 0.875. The average molecular weight is 311 g/mol. The Balaban J connectivity index is 2.26. The highest BCUT2D eigenvalue weighted by molar-refractivity contribution is 7.89. The van der Waals surface area contributed by atoms with Gasteiger partial charge in [-0.2, -0.15) is 0 Å². The molecule has 6 heteroatoms.